The third-order valence-corrected chi connectivity index (χ3v) is 4.84. The topological polar surface area (TPSA) is 0 Å². The summed E-state index contributed by atoms with van der Waals surface area (Å²) >= 11 is -1.52. The van der Waals surface area contributed by atoms with E-state index in [9.17, 15) is 0 Å². The second kappa shape index (κ2) is 2.90. The Morgan fingerprint density at radius 1 is 1.12 bits per heavy atom. The van der Waals surface area contributed by atoms with Crippen LogP contribution in [0.15, 0.2) is 9.67 Å². The van der Waals surface area contributed by atoms with Crippen molar-refractivity contribution in [3.05, 3.63) is 9.67 Å². The Balaban J connectivity index is 3.89. The van der Waals surface area contributed by atoms with Crippen molar-refractivity contribution in [3.8, 4) is 0 Å². The van der Waals surface area contributed by atoms with E-state index in [-0.39, 0.29) is 0 Å². The van der Waals surface area contributed by atoms with Crippen molar-refractivity contribution in [3.63, 3.8) is 0 Å². The molecule has 0 N–H and O–H groups in total. The van der Waals surface area contributed by atoms with Crippen molar-refractivity contribution in [2.24, 2.45) is 0 Å². The van der Waals surface area contributed by atoms with Crippen LogP contribution >= 0.6 is 0 Å². The monoisotopic (exact) mass is 220 g/mol. The van der Waals surface area contributed by atoms with E-state index in [4.69, 9.17) is 0 Å². The molecule has 48 valence electrons. The quantitative estimate of drug-likeness (QED) is 0.594. The molecule has 0 aromatic heterocycles. The van der Waals surface area contributed by atoms with Crippen molar-refractivity contribution in [2.45, 2.75) is 28.7 Å². The van der Waals surface area contributed by atoms with Crippen LogP contribution in [0, 0.1) is 0 Å². The summed E-state index contributed by atoms with van der Waals surface area (Å²) in [4.78, 5) is 7.26. The van der Waals surface area contributed by atoms with Gasteiger partial charge in [-0.3, -0.25) is 0 Å². The van der Waals surface area contributed by atoms with Crippen LogP contribution in [0.1, 0.15) is 13.8 Å². The fourth-order valence-electron chi connectivity index (χ4n) is 0.866. The van der Waals surface area contributed by atoms with Crippen LogP contribution in [0.2, 0.25) is 14.8 Å². The van der Waals surface area contributed by atoms with E-state index >= 15 is 0 Å². The van der Waals surface area contributed by atoms with Crippen molar-refractivity contribution >= 4 is 18.4 Å². The van der Waals surface area contributed by atoms with Crippen LogP contribution in [0.25, 0.3) is 0 Å². The molecule has 0 spiro atoms. The second-order valence-electron chi connectivity index (χ2n) is 3.59. The molecule has 0 heterocycles. The molecule has 0 saturated heterocycles. The second-order valence-corrected chi connectivity index (χ2v) is 17.9. The van der Waals surface area contributed by atoms with Gasteiger partial charge in [0, 0.05) is 0 Å². The van der Waals surface area contributed by atoms with Gasteiger partial charge in [-0.1, -0.05) is 0 Å². The molecule has 8 heavy (non-hydrogen) atoms. The first-order valence-corrected chi connectivity index (χ1v) is 13.3. The first-order valence-electron chi connectivity index (χ1n) is 3.08. The third-order valence-electron chi connectivity index (χ3n) is 0.722. The van der Waals surface area contributed by atoms with Crippen molar-refractivity contribution in [1.82, 2.24) is 0 Å². The minimum atomic E-state index is -1.52. The number of rotatable bonds is 1. The molecule has 0 radical (unpaired) electrons. The molecule has 0 bridgehead atoms. The van der Waals surface area contributed by atoms with Gasteiger partial charge in [-0.15, -0.1) is 0 Å². The summed E-state index contributed by atoms with van der Waals surface area (Å²) in [5.41, 5.74) is 1.49. The number of hydrogen-bond acceptors (Lipinski definition) is 0. The maximum absolute atomic E-state index is 2.48. The average molecular weight is 219 g/mol. The Kier molecular flexibility index (Phi) is 3.10. The molecule has 0 fully saturated rings. The van der Waals surface area contributed by atoms with Gasteiger partial charge in [0.2, 0.25) is 0 Å². The summed E-state index contributed by atoms with van der Waals surface area (Å²) in [6.45, 7) is 4.37. The summed E-state index contributed by atoms with van der Waals surface area (Å²) in [6, 6.07) is 0. The maximum atomic E-state index is 2.48. The summed E-state index contributed by atoms with van der Waals surface area (Å²) in [5.74, 6) is 0. The van der Waals surface area contributed by atoms with Crippen LogP contribution in [0.4, 0.5) is 0 Å². The normalized spacial score (nSPS) is 11.1. The van der Waals surface area contributed by atoms with Crippen molar-refractivity contribution in [1.29, 1.82) is 0 Å². The predicted molar refractivity (Wildman–Crippen MR) is 42.8 cm³/mol. The summed E-state index contributed by atoms with van der Waals surface area (Å²) in [6.07, 6.45) is 0. The molecule has 0 aliphatic carbocycles. The first kappa shape index (κ1) is 8.54. The molecule has 0 saturated carbocycles. The first-order chi connectivity index (χ1) is 3.42. The molecule has 0 rings (SSSR count). The van der Waals surface area contributed by atoms with Crippen LogP contribution in [0.3, 0.4) is 0 Å². The molecule has 0 atom stereocenters. The van der Waals surface area contributed by atoms with E-state index in [1.54, 1.807) is 0 Å². The van der Waals surface area contributed by atoms with E-state index in [1.165, 1.54) is 5.57 Å². The van der Waals surface area contributed by atoms with Crippen molar-refractivity contribution < 1.29 is 0 Å². The summed E-state index contributed by atoms with van der Waals surface area (Å²) in [7, 11) is 0. The molecule has 0 unspecified atom stereocenters. The Morgan fingerprint density at radius 3 is 1.50 bits per heavy atom. The van der Waals surface area contributed by atoms with Crippen molar-refractivity contribution in [2.75, 3.05) is 0 Å². The third kappa shape index (κ3) is 6.54. The number of hydrogen-bond donors (Lipinski definition) is 0. The molecule has 0 aromatic rings. The summed E-state index contributed by atoms with van der Waals surface area (Å²) in [5, 5.41) is 0. The van der Waals surface area contributed by atoms with Crippen LogP contribution in [-0.4, -0.2) is 18.4 Å². The van der Waals surface area contributed by atoms with Gasteiger partial charge in [-0.25, -0.2) is 0 Å². The van der Waals surface area contributed by atoms with Gasteiger partial charge < -0.3 is 0 Å². The van der Waals surface area contributed by atoms with E-state index in [1.807, 2.05) is 0 Å². The van der Waals surface area contributed by atoms with E-state index in [0.29, 0.717) is 0 Å². The van der Waals surface area contributed by atoms with Gasteiger partial charge >= 0.3 is 56.7 Å². The SMILES string of the molecule is CC(C)=[CH][Sn]([CH3])([CH3])[CH3]. The van der Waals surface area contributed by atoms with E-state index in [2.05, 4.69) is 32.8 Å². The fraction of sp³-hybridized carbons (Fsp3) is 0.714. The van der Waals surface area contributed by atoms with Gasteiger partial charge in [-0.05, 0) is 0 Å². The predicted octanol–water partition coefficient (Wildman–Crippen LogP) is 2.83. The number of allylic oxidation sites excluding steroid dienone is 1. The van der Waals surface area contributed by atoms with E-state index < -0.39 is 18.4 Å². The van der Waals surface area contributed by atoms with Gasteiger partial charge in [0.15, 0.2) is 0 Å². The van der Waals surface area contributed by atoms with Gasteiger partial charge in [0.25, 0.3) is 0 Å². The minimum absolute atomic E-state index is 1.49. The molecule has 0 aliphatic rings. The van der Waals surface area contributed by atoms with Crippen LogP contribution < -0.4 is 0 Å². The van der Waals surface area contributed by atoms with Crippen LogP contribution in [0.5, 0.6) is 0 Å². The zero-order valence-electron chi connectivity index (χ0n) is 6.58. The average Bonchev–Trinajstić information content (AvgIpc) is 1.21. The molecule has 1 heteroatoms. The molecule has 0 aliphatic heterocycles. The fourth-order valence-corrected chi connectivity index (χ4v) is 5.81. The van der Waals surface area contributed by atoms with Crippen LogP contribution in [-0.2, 0) is 0 Å². The van der Waals surface area contributed by atoms with Gasteiger partial charge in [0.05, 0.1) is 0 Å². The molecule has 0 amide bonds. The standard InChI is InChI=1S/C4H7.3CH3.Sn/c1-4(2)3;;;;/h1H,2-3H3;3*1H3;. The Labute approximate surface area is 56.9 Å². The van der Waals surface area contributed by atoms with Gasteiger partial charge in [-0.2, -0.15) is 0 Å². The van der Waals surface area contributed by atoms with Gasteiger partial charge in [0.1, 0.15) is 0 Å². The zero-order chi connectivity index (χ0) is 6.78. The van der Waals surface area contributed by atoms with E-state index in [0.717, 1.165) is 0 Å². The molecule has 0 nitrogen and oxygen atoms in total. The molecule has 0 aromatic carbocycles. The molecular formula is C7H16Sn. The Bertz CT molecular complexity index is 91.4. The summed E-state index contributed by atoms with van der Waals surface area (Å²) < 4.78 is 2.48. The Hall–Kier alpha value is 0.539. The zero-order valence-corrected chi connectivity index (χ0v) is 9.43. The molecular weight excluding hydrogens is 203 g/mol. The Morgan fingerprint density at radius 2 is 1.50 bits per heavy atom.